The molecule has 0 heterocycles. The highest BCUT2D eigenvalue weighted by molar-refractivity contribution is 6.36. The highest BCUT2D eigenvalue weighted by Gasteiger charge is 2.25. The summed E-state index contributed by atoms with van der Waals surface area (Å²) in [5.41, 5.74) is 8.14. The van der Waals surface area contributed by atoms with Crippen LogP contribution in [0.15, 0.2) is 224 Å². The second-order valence-electron chi connectivity index (χ2n) is 18.5. The zero-order valence-corrected chi connectivity index (χ0v) is 36.8. The number of anilines is 6. The lowest BCUT2D eigenvalue weighted by atomic mass is 9.88. The predicted molar refractivity (Wildman–Crippen MR) is 296 cm³/mol. The van der Waals surface area contributed by atoms with Gasteiger partial charge >= 0.3 is 0 Å². The van der Waals surface area contributed by atoms with Crippen LogP contribution >= 0.6 is 0 Å². The maximum atomic E-state index is 2.49. The first-order valence-corrected chi connectivity index (χ1v) is 23.3. The van der Waals surface area contributed by atoms with Crippen molar-refractivity contribution in [3.8, 4) is 0 Å². The van der Waals surface area contributed by atoms with Gasteiger partial charge in [0.15, 0.2) is 0 Å². The van der Waals surface area contributed by atoms with E-state index in [4.69, 9.17) is 0 Å². The third-order valence-electron chi connectivity index (χ3n) is 14.8. The summed E-state index contributed by atoms with van der Waals surface area (Å²) in [6.07, 6.45) is 0. The molecule has 318 valence electrons. The van der Waals surface area contributed by atoms with Crippen LogP contribution in [0, 0.1) is 6.92 Å². The summed E-state index contributed by atoms with van der Waals surface area (Å²) < 4.78 is 0. The third kappa shape index (κ3) is 5.34. The minimum absolute atomic E-state index is 0. The third-order valence-corrected chi connectivity index (χ3v) is 14.8. The van der Waals surface area contributed by atoms with Gasteiger partial charge in [-0.3, -0.25) is 0 Å². The molecule has 0 saturated carbocycles. The van der Waals surface area contributed by atoms with Gasteiger partial charge in [-0.25, -0.2) is 0 Å². The second kappa shape index (κ2) is 14.4. The van der Waals surface area contributed by atoms with Crippen molar-refractivity contribution in [3.63, 3.8) is 0 Å². The van der Waals surface area contributed by atoms with E-state index in [1.807, 2.05) is 0 Å². The Hall–Kier alpha value is -8.72. The van der Waals surface area contributed by atoms with Crippen LogP contribution < -0.4 is 9.80 Å². The molecular formula is C66H44N2. The van der Waals surface area contributed by atoms with Crippen molar-refractivity contribution in [2.75, 3.05) is 9.80 Å². The molecular weight excluding hydrogens is 821 g/mol. The summed E-state index contributed by atoms with van der Waals surface area (Å²) in [6, 6.07) is 84.2. The van der Waals surface area contributed by atoms with Crippen LogP contribution in [0.1, 0.15) is 13.0 Å². The number of aryl methyl sites for hydroxylation is 1. The molecule has 15 aromatic carbocycles. The Labute approximate surface area is 394 Å². The van der Waals surface area contributed by atoms with E-state index in [1.54, 1.807) is 0 Å². The number of benzene rings is 15. The number of para-hydroxylation sites is 1. The van der Waals surface area contributed by atoms with E-state index in [9.17, 15) is 0 Å². The lowest BCUT2D eigenvalue weighted by Gasteiger charge is -2.30. The number of rotatable bonds is 6. The van der Waals surface area contributed by atoms with E-state index >= 15 is 0 Å². The van der Waals surface area contributed by atoms with Gasteiger partial charge in [0.05, 0.1) is 17.1 Å². The van der Waals surface area contributed by atoms with E-state index in [-0.39, 0.29) is 7.43 Å². The fraction of sp³-hybridized carbons (Fsp3) is 0.0303. The first-order valence-electron chi connectivity index (χ1n) is 23.3. The molecule has 0 N–H and O–H groups in total. The lowest BCUT2D eigenvalue weighted by Crippen LogP contribution is -2.11. The van der Waals surface area contributed by atoms with Gasteiger partial charge in [-0.2, -0.15) is 0 Å². The largest absolute Gasteiger partial charge is 0.310 e. The molecule has 2 nitrogen and oxygen atoms in total. The van der Waals surface area contributed by atoms with Crippen molar-refractivity contribution in [3.05, 3.63) is 230 Å². The predicted octanol–water partition coefficient (Wildman–Crippen LogP) is 19.4. The molecule has 15 aromatic rings. The number of hydrogen-bond donors (Lipinski definition) is 0. The van der Waals surface area contributed by atoms with E-state index in [2.05, 4.69) is 241 Å². The first-order chi connectivity index (χ1) is 33.1. The molecule has 0 bridgehead atoms. The van der Waals surface area contributed by atoms with Gasteiger partial charge < -0.3 is 9.80 Å². The molecule has 0 aliphatic rings. The molecule has 0 atom stereocenters. The maximum absolute atomic E-state index is 2.49. The molecule has 15 rings (SSSR count). The Bertz CT molecular complexity index is 4370. The van der Waals surface area contributed by atoms with Crippen molar-refractivity contribution < 1.29 is 0 Å². The zero-order valence-electron chi connectivity index (χ0n) is 36.8. The molecule has 0 saturated heterocycles. The molecule has 0 unspecified atom stereocenters. The molecule has 0 aliphatic carbocycles. The summed E-state index contributed by atoms with van der Waals surface area (Å²) in [6.45, 7) is 2.19. The maximum Gasteiger partial charge on any atom is 0.0540 e. The van der Waals surface area contributed by atoms with Crippen molar-refractivity contribution >= 4 is 142 Å². The highest BCUT2D eigenvalue weighted by atomic mass is 15.2. The molecule has 0 aromatic heterocycles. The monoisotopic (exact) mass is 864 g/mol. The fourth-order valence-corrected chi connectivity index (χ4v) is 12.0. The summed E-state index contributed by atoms with van der Waals surface area (Å²) in [7, 11) is 0. The molecule has 0 fully saturated rings. The molecule has 0 amide bonds. The summed E-state index contributed by atoms with van der Waals surface area (Å²) in [5.74, 6) is 0. The number of hydrogen-bond acceptors (Lipinski definition) is 2. The van der Waals surface area contributed by atoms with E-state index in [1.165, 1.54) is 119 Å². The van der Waals surface area contributed by atoms with Crippen LogP contribution in [0.3, 0.4) is 0 Å². The Morgan fingerprint density at radius 1 is 0.235 bits per heavy atom. The van der Waals surface area contributed by atoms with Crippen molar-refractivity contribution in [2.24, 2.45) is 0 Å². The fourth-order valence-electron chi connectivity index (χ4n) is 12.0. The van der Waals surface area contributed by atoms with Gasteiger partial charge in [-0.1, -0.05) is 177 Å². The van der Waals surface area contributed by atoms with E-state index in [0.29, 0.717) is 0 Å². The van der Waals surface area contributed by atoms with Crippen molar-refractivity contribution in [2.45, 2.75) is 14.4 Å². The molecule has 0 radical (unpaired) electrons. The van der Waals surface area contributed by atoms with Gasteiger partial charge in [-0.15, -0.1) is 0 Å². The summed E-state index contributed by atoms with van der Waals surface area (Å²) in [5, 5.41) is 25.5. The van der Waals surface area contributed by atoms with Gasteiger partial charge in [0.1, 0.15) is 0 Å². The number of nitrogens with zero attached hydrogens (tertiary/aromatic N) is 2. The first kappa shape index (κ1) is 38.5. The van der Waals surface area contributed by atoms with Gasteiger partial charge in [0, 0.05) is 33.2 Å². The Balaban J connectivity index is 0.00000437. The average molecular weight is 865 g/mol. The van der Waals surface area contributed by atoms with E-state index < -0.39 is 0 Å². The van der Waals surface area contributed by atoms with Crippen LogP contribution in [-0.2, 0) is 0 Å². The average Bonchev–Trinajstić information content (AvgIpc) is 3.38. The van der Waals surface area contributed by atoms with Gasteiger partial charge in [0.25, 0.3) is 0 Å². The SMILES string of the molecule is C.Cc1cccc(N(c2cc3ccc4cccc5ccc(c2)c3c45)c2ccc3c4cccc5c(N(c6ccccc6)c6ccc7ccc8cccc9ccc6c7c89)ccc(c6cccc2c36)c54)c1. The standard InChI is InChI=1S/C65H40N2.CH4/c1-39-10-5-17-48(36-39)66(49-37-45-26-24-40-11-6-12-41-25-27-46(38-49)62(45)60(40)41)57-34-31-52-51-19-9-21-55-59(35-32-53(65(51)55)50-18-8-20-54(57)64(50)52)67(47-15-3-2-4-16-47)58-33-29-44-23-22-42-13-7-14-43-28-30-56(58)63(44)61(42)43;/h2-38H,1H3;1H4. The van der Waals surface area contributed by atoms with E-state index in [0.717, 1.165) is 28.4 Å². The zero-order chi connectivity index (χ0) is 43.9. The van der Waals surface area contributed by atoms with Crippen molar-refractivity contribution in [1.82, 2.24) is 0 Å². The molecule has 2 heteroatoms. The Kier molecular flexibility index (Phi) is 8.15. The normalized spacial score (nSPS) is 12.1. The number of fused-ring (bicyclic) bond motifs is 2. The van der Waals surface area contributed by atoms with Crippen LogP contribution in [-0.4, -0.2) is 0 Å². The van der Waals surface area contributed by atoms with Crippen molar-refractivity contribution in [1.29, 1.82) is 0 Å². The minimum atomic E-state index is 0. The summed E-state index contributed by atoms with van der Waals surface area (Å²) in [4.78, 5) is 4.97. The minimum Gasteiger partial charge on any atom is -0.310 e. The van der Waals surface area contributed by atoms with Crippen LogP contribution in [0.5, 0.6) is 0 Å². The quantitative estimate of drug-likeness (QED) is 0.121. The van der Waals surface area contributed by atoms with Crippen LogP contribution in [0.2, 0.25) is 0 Å². The van der Waals surface area contributed by atoms with Crippen LogP contribution in [0.4, 0.5) is 34.1 Å². The topological polar surface area (TPSA) is 6.48 Å². The molecule has 0 aliphatic heterocycles. The molecule has 68 heavy (non-hydrogen) atoms. The Morgan fingerprint density at radius 2 is 0.618 bits per heavy atom. The smallest absolute Gasteiger partial charge is 0.0540 e. The van der Waals surface area contributed by atoms with Crippen LogP contribution in [0.25, 0.3) is 108 Å². The lowest BCUT2D eigenvalue weighted by molar-refractivity contribution is 1.29. The molecule has 0 spiro atoms. The summed E-state index contributed by atoms with van der Waals surface area (Å²) >= 11 is 0. The highest BCUT2D eigenvalue weighted by Crippen LogP contribution is 2.51. The Morgan fingerprint density at radius 3 is 1.21 bits per heavy atom. The second-order valence-corrected chi connectivity index (χ2v) is 18.5. The van der Waals surface area contributed by atoms with Gasteiger partial charge in [-0.05, 0) is 159 Å². The van der Waals surface area contributed by atoms with Gasteiger partial charge in [0.2, 0.25) is 0 Å².